The van der Waals surface area contributed by atoms with Gasteiger partial charge in [0, 0.05) is 17.8 Å². The number of pyridine rings is 1. The van der Waals surface area contributed by atoms with Crippen molar-refractivity contribution in [1.29, 1.82) is 0 Å². The molecule has 3 rings (SSSR count). The van der Waals surface area contributed by atoms with E-state index in [1.807, 2.05) is 0 Å². The van der Waals surface area contributed by atoms with Crippen molar-refractivity contribution in [3.05, 3.63) is 30.2 Å². The molecular weight excluding hydrogens is 298 g/mol. The Hall–Kier alpha value is -3.16. The van der Waals surface area contributed by atoms with Crippen LogP contribution in [0.3, 0.4) is 0 Å². The normalized spacial score (nSPS) is 10.7. The summed E-state index contributed by atoms with van der Waals surface area (Å²) in [5, 5.41) is 0.568. The number of aromatic nitrogens is 4. The molecule has 0 amide bonds. The number of aromatic amines is 1. The lowest BCUT2D eigenvalue weighted by atomic mass is 10.1. The largest absolute Gasteiger partial charge is 0.481 e. The van der Waals surface area contributed by atoms with Gasteiger partial charge in [-0.3, -0.25) is 0 Å². The molecule has 0 saturated heterocycles. The zero-order valence-corrected chi connectivity index (χ0v) is 12.7. The van der Waals surface area contributed by atoms with Crippen LogP contribution >= 0.6 is 0 Å². The maximum atomic E-state index is 12.1. The highest BCUT2D eigenvalue weighted by molar-refractivity contribution is 6.08. The topological polar surface area (TPSA) is 116 Å². The van der Waals surface area contributed by atoms with E-state index in [0.29, 0.717) is 39.6 Å². The molecule has 0 saturated carbocycles. The molecule has 0 atom stereocenters. The van der Waals surface area contributed by atoms with Crippen LogP contribution in [-0.2, 0) is 4.74 Å². The van der Waals surface area contributed by atoms with E-state index in [1.165, 1.54) is 13.4 Å². The number of rotatable bonds is 4. The SMILES string of the molecule is CCOC(=O)c1c[nH]c2ncnc(-c3cc(N)nc(OC)c3)c12. The number of nitrogens with two attached hydrogens (primary N) is 1. The average molecular weight is 313 g/mol. The van der Waals surface area contributed by atoms with Crippen LogP contribution in [0.1, 0.15) is 17.3 Å². The van der Waals surface area contributed by atoms with Crippen LogP contribution < -0.4 is 10.5 Å². The van der Waals surface area contributed by atoms with Crippen molar-refractivity contribution in [3.8, 4) is 17.1 Å². The number of anilines is 1. The first kappa shape index (κ1) is 14.8. The minimum Gasteiger partial charge on any atom is -0.481 e. The molecule has 0 aliphatic heterocycles. The molecule has 8 nitrogen and oxygen atoms in total. The summed E-state index contributed by atoms with van der Waals surface area (Å²) in [4.78, 5) is 27.6. The number of H-pyrrole nitrogens is 1. The number of fused-ring (bicyclic) bond motifs is 1. The first-order valence-electron chi connectivity index (χ1n) is 6.95. The van der Waals surface area contributed by atoms with Crippen molar-refractivity contribution in [2.45, 2.75) is 6.92 Å². The lowest BCUT2D eigenvalue weighted by molar-refractivity contribution is 0.0528. The molecule has 23 heavy (non-hydrogen) atoms. The molecule has 0 unspecified atom stereocenters. The molecule has 3 heterocycles. The lowest BCUT2D eigenvalue weighted by Crippen LogP contribution is -2.04. The highest BCUT2D eigenvalue weighted by atomic mass is 16.5. The van der Waals surface area contributed by atoms with E-state index < -0.39 is 5.97 Å². The maximum absolute atomic E-state index is 12.1. The van der Waals surface area contributed by atoms with Gasteiger partial charge in [0.1, 0.15) is 17.8 Å². The smallest absolute Gasteiger partial charge is 0.340 e. The Kier molecular flexibility index (Phi) is 3.80. The molecule has 3 N–H and O–H groups in total. The monoisotopic (exact) mass is 313 g/mol. The number of ether oxygens (including phenoxy) is 2. The number of nitrogens with zero attached hydrogens (tertiary/aromatic N) is 3. The Bertz CT molecular complexity index is 875. The zero-order chi connectivity index (χ0) is 16.4. The highest BCUT2D eigenvalue weighted by Gasteiger charge is 2.19. The van der Waals surface area contributed by atoms with Crippen LogP contribution in [0.15, 0.2) is 24.7 Å². The van der Waals surface area contributed by atoms with Crippen LogP contribution in [0.5, 0.6) is 5.88 Å². The fourth-order valence-electron chi connectivity index (χ4n) is 2.32. The molecule has 0 aliphatic rings. The average Bonchev–Trinajstić information content (AvgIpc) is 2.98. The van der Waals surface area contributed by atoms with Crippen LogP contribution in [0, 0.1) is 0 Å². The van der Waals surface area contributed by atoms with Gasteiger partial charge >= 0.3 is 5.97 Å². The summed E-state index contributed by atoms with van der Waals surface area (Å²) in [6.07, 6.45) is 2.97. The minimum absolute atomic E-state index is 0.282. The van der Waals surface area contributed by atoms with E-state index in [4.69, 9.17) is 15.2 Å². The Morgan fingerprint density at radius 1 is 1.35 bits per heavy atom. The van der Waals surface area contributed by atoms with Gasteiger partial charge in [-0.25, -0.2) is 14.8 Å². The number of hydrogen-bond acceptors (Lipinski definition) is 7. The standard InChI is InChI=1S/C15H15N5O3/c1-3-23-15(21)9-6-17-14-12(9)13(18-7-19-14)8-4-10(16)20-11(5-8)22-2/h4-7H,3H2,1-2H3,(H2,16,20)(H,17,18,19). The summed E-state index contributed by atoms with van der Waals surface area (Å²) in [6.45, 7) is 2.03. The van der Waals surface area contributed by atoms with Gasteiger partial charge in [0.15, 0.2) is 0 Å². The zero-order valence-electron chi connectivity index (χ0n) is 12.7. The van der Waals surface area contributed by atoms with Gasteiger partial charge in [0.05, 0.1) is 30.4 Å². The van der Waals surface area contributed by atoms with Crippen LogP contribution in [0.2, 0.25) is 0 Å². The molecule has 8 heteroatoms. The van der Waals surface area contributed by atoms with Gasteiger partial charge in [0.2, 0.25) is 5.88 Å². The highest BCUT2D eigenvalue weighted by Crippen LogP contribution is 2.31. The molecule has 3 aromatic rings. The summed E-state index contributed by atoms with van der Waals surface area (Å²) in [5.74, 6) is 0.211. The second-order valence-corrected chi connectivity index (χ2v) is 4.69. The molecule has 118 valence electrons. The fourth-order valence-corrected chi connectivity index (χ4v) is 2.32. The van der Waals surface area contributed by atoms with E-state index in [2.05, 4.69) is 19.9 Å². The van der Waals surface area contributed by atoms with Gasteiger partial charge in [-0.05, 0) is 13.0 Å². The van der Waals surface area contributed by atoms with Gasteiger partial charge in [-0.2, -0.15) is 4.98 Å². The molecule has 0 radical (unpaired) electrons. The number of carbonyl (C=O) groups excluding carboxylic acids is 1. The van der Waals surface area contributed by atoms with Gasteiger partial charge in [0.25, 0.3) is 0 Å². The lowest BCUT2D eigenvalue weighted by Gasteiger charge is -2.07. The van der Waals surface area contributed by atoms with Crippen molar-refractivity contribution in [2.24, 2.45) is 0 Å². The summed E-state index contributed by atoms with van der Waals surface area (Å²) in [7, 11) is 1.50. The Morgan fingerprint density at radius 3 is 2.91 bits per heavy atom. The van der Waals surface area contributed by atoms with Crippen molar-refractivity contribution < 1.29 is 14.3 Å². The predicted octanol–water partition coefficient (Wildman–Crippen LogP) is 1.79. The third kappa shape index (κ3) is 2.66. The van der Waals surface area contributed by atoms with E-state index >= 15 is 0 Å². The first-order valence-corrected chi connectivity index (χ1v) is 6.95. The molecule has 0 fully saturated rings. The van der Waals surface area contributed by atoms with Crippen LogP contribution in [-0.4, -0.2) is 39.6 Å². The number of nitrogens with one attached hydrogen (secondary N) is 1. The Morgan fingerprint density at radius 2 is 2.17 bits per heavy atom. The third-order valence-electron chi connectivity index (χ3n) is 3.27. The summed E-state index contributed by atoms with van der Waals surface area (Å²) in [5.41, 5.74) is 7.93. The third-order valence-corrected chi connectivity index (χ3v) is 3.27. The van der Waals surface area contributed by atoms with Gasteiger partial charge in [-0.1, -0.05) is 0 Å². The van der Waals surface area contributed by atoms with Gasteiger partial charge in [-0.15, -0.1) is 0 Å². The number of hydrogen-bond donors (Lipinski definition) is 2. The number of nitrogen functional groups attached to an aromatic ring is 1. The number of methoxy groups -OCH3 is 1. The molecule has 0 spiro atoms. The van der Waals surface area contributed by atoms with E-state index in [1.54, 1.807) is 25.3 Å². The Balaban J connectivity index is 2.23. The summed E-state index contributed by atoms with van der Waals surface area (Å²) >= 11 is 0. The van der Waals surface area contributed by atoms with Crippen molar-refractivity contribution in [2.75, 3.05) is 19.5 Å². The van der Waals surface area contributed by atoms with Crippen molar-refractivity contribution >= 4 is 22.8 Å². The maximum Gasteiger partial charge on any atom is 0.340 e. The van der Waals surface area contributed by atoms with E-state index in [0.717, 1.165) is 0 Å². The fraction of sp³-hybridized carbons (Fsp3) is 0.200. The van der Waals surface area contributed by atoms with Crippen LogP contribution in [0.25, 0.3) is 22.3 Å². The second-order valence-electron chi connectivity index (χ2n) is 4.69. The van der Waals surface area contributed by atoms with Gasteiger partial charge < -0.3 is 20.2 Å². The number of carbonyl (C=O) groups is 1. The quantitative estimate of drug-likeness (QED) is 0.705. The molecular formula is C15H15N5O3. The van der Waals surface area contributed by atoms with E-state index in [9.17, 15) is 4.79 Å². The second kappa shape index (κ2) is 5.91. The summed E-state index contributed by atoms with van der Waals surface area (Å²) < 4.78 is 10.2. The summed E-state index contributed by atoms with van der Waals surface area (Å²) in [6, 6.07) is 3.35. The minimum atomic E-state index is -0.441. The molecule has 0 bridgehead atoms. The van der Waals surface area contributed by atoms with E-state index in [-0.39, 0.29) is 6.61 Å². The first-order chi connectivity index (χ1) is 11.1. The molecule has 3 aromatic heterocycles. The predicted molar refractivity (Wildman–Crippen MR) is 84.0 cm³/mol. The van der Waals surface area contributed by atoms with Crippen molar-refractivity contribution in [3.63, 3.8) is 0 Å². The molecule has 0 aliphatic carbocycles. The molecule has 0 aromatic carbocycles. The van der Waals surface area contributed by atoms with Crippen molar-refractivity contribution in [1.82, 2.24) is 19.9 Å². The number of esters is 1. The Labute approximate surface area is 131 Å². The van der Waals surface area contributed by atoms with Crippen LogP contribution in [0.4, 0.5) is 5.82 Å².